The summed E-state index contributed by atoms with van der Waals surface area (Å²) < 4.78 is 0. The summed E-state index contributed by atoms with van der Waals surface area (Å²) in [6.07, 6.45) is 0.625. The van der Waals surface area contributed by atoms with Gasteiger partial charge in [-0.15, -0.1) is 0 Å². The Balaban J connectivity index is 2.55. The highest BCUT2D eigenvalue weighted by molar-refractivity contribution is 5.51. The first-order valence-electron chi connectivity index (χ1n) is 8.27. The van der Waals surface area contributed by atoms with E-state index in [1.165, 1.54) is 6.07 Å². The van der Waals surface area contributed by atoms with Gasteiger partial charge in [0.15, 0.2) is 11.5 Å². The average Bonchev–Trinajstić information content (AvgIpc) is 2.42. The quantitative estimate of drug-likeness (QED) is 0.681. The zero-order valence-corrected chi connectivity index (χ0v) is 15.4. The molecule has 0 radical (unpaired) electrons. The van der Waals surface area contributed by atoms with Gasteiger partial charge in [-0.3, -0.25) is 0 Å². The Morgan fingerprint density at radius 2 is 1.17 bits per heavy atom. The SMILES string of the molecule is CC(C)(C)c1cc(Cc2ccc(O)c(O)c2)cc(C(C)(C)C)c1O. The molecule has 2 rings (SSSR count). The van der Waals surface area contributed by atoms with E-state index in [9.17, 15) is 15.3 Å². The number of phenols is 3. The normalized spacial score (nSPS) is 12.4. The van der Waals surface area contributed by atoms with E-state index in [1.807, 2.05) is 12.1 Å². The van der Waals surface area contributed by atoms with Crippen LogP contribution in [0, 0.1) is 0 Å². The minimum absolute atomic E-state index is 0.113. The van der Waals surface area contributed by atoms with E-state index in [0.717, 1.165) is 22.3 Å². The maximum atomic E-state index is 10.8. The lowest BCUT2D eigenvalue weighted by atomic mass is 9.78. The van der Waals surface area contributed by atoms with Crippen molar-refractivity contribution in [3.8, 4) is 17.2 Å². The summed E-state index contributed by atoms with van der Waals surface area (Å²) in [5, 5.41) is 29.9. The second kappa shape index (κ2) is 6.04. The molecule has 0 unspecified atom stereocenters. The van der Waals surface area contributed by atoms with E-state index < -0.39 is 0 Å². The minimum Gasteiger partial charge on any atom is -0.507 e. The Morgan fingerprint density at radius 1 is 0.667 bits per heavy atom. The van der Waals surface area contributed by atoms with Gasteiger partial charge in [0.2, 0.25) is 0 Å². The van der Waals surface area contributed by atoms with Crippen molar-refractivity contribution in [2.75, 3.05) is 0 Å². The smallest absolute Gasteiger partial charge is 0.157 e. The van der Waals surface area contributed by atoms with Crippen molar-refractivity contribution in [2.45, 2.75) is 58.8 Å². The van der Waals surface area contributed by atoms with Crippen LogP contribution in [0.1, 0.15) is 63.8 Å². The Hall–Kier alpha value is -2.16. The molecule has 0 bridgehead atoms. The standard InChI is InChI=1S/C21H28O3/c1-20(2,3)15-10-14(11-16(19(15)24)21(4,5)6)9-13-7-8-17(22)18(23)12-13/h7-8,10-12,22-24H,9H2,1-6H3. The number of hydrogen-bond donors (Lipinski definition) is 3. The number of benzene rings is 2. The summed E-state index contributed by atoms with van der Waals surface area (Å²) in [4.78, 5) is 0. The van der Waals surface area contributed by atoms with Gasteiger partial charge in [-0.05, 0) is 51.6 Å². The lowest BCUT2D eigenvalue weighted by molar-refractivity contribution is 0.403. The van der Waals surface area contributed by atoms with Gasteiger partial charge in [-0.1, -0.05) is 59.7 Å². The third-order valence-electron chi connectivity index (χ3n) is 4.23. The molecule has 0 spiro atoms. The van der Waals surface area contributed by atoms with Crippen LogP contribution in [0.15, 0.2) is 30.3 Å². The highest BCUT2D eigenvalue weighted by atomic mass is 16.3. The van der Waals surface area contributed by atoms with Crippen LogP contribution < -0.4 is 0 Å². The number of rotatable bonds is 2. The highest BCUT2D eigenvalue weighted by Crippen LogP contribution is 2.40. The van der Waals surface area contributed by atoms with E-state index in [-0.39, 0.29) is 22.3 Å². The van der Waals surface area contributed by atoms with Gasteiger partial charge < -0.3 is 15.3 Å². The molecule has 0 aliphatic heterocycles. The first-order valence-corrected chi connectivity index (χ1v) is 8.27. The van der Waals surface area contributed by atoms with E-state index in [2.05, 4.69) is 41.5 Å². The fourth-order valence-electron chi connectivity index (χ4n) is 2.85. The van der Waals surface area contributed by atoms with E-state index in [1.54, 1.807) is 12.1 Å². The maximum Gasteiger partial charge on any atom is 0.157 e. The Labute approximate surface area is 144 Å². The molecule has 130 valence electrons. The van der Waals surface area contributed by atoms with Crippen LogP contribution in [0.4, 0.5) is 0 Å². The molecule has 0 atom stereocenters. The van der Waals surface area contributed by atoms with E-state index >= 15 is 0 Å². The molecule has 2 aromatic rings. The lowest BCUT2D eigenvalue weighted by Crippen LogP contribution is -2.18. The molecule has 0 aliphatic carbocycles. The van der Waals surface area contributed by atoms with Crippen LogP contribution in [-0.4, -0.2) is 15.3 Å². The summed E-state index contributed by atoms with van der Waals surface area (Å²) in [6.45, 7) is 12.5. The average molecular weight is 328 g/mol. The van der Waals surface area contributed by atoms with Crippen molar-refractivity contribution in [3.05, 3.63) is 52.6 Å². The first-order chi connectivity index (χ1) is 10.9. The van der Waals surface area contributed by atoms with Crippen LogP contribution >= 0.6 is 0 Å². The van der Waals surface area contributed by atoms with Crippen LogP contribution in [-0.2, 0) is 17.3 Å². The van der Waals surface area contributed by atoms with Gasteiger partial charge in [-0.2, -0.15) is 0 Å². The van der Waals surface area contributed by atoms with Gasteiger partial charge in [0.25, 0.3) is 0 Å². The maximum absolute atomic E-state index is 10.8. The number of hydrogen-bond acceptors (Lipinski definition) is 3. The number of aromatic hydroxyl groups is 3. The van der Waals surface area contributed by atoms with Gasteiger partial charge in [0.05, 0.1) is 0 Å². The molecule has 0 saturated carbocycles. The zero-order chi connectivity index (χ0) is 18.3. The fourth-order valence-corrected chi connectivity index (χ4v) is 2.85. The first kappa shape index (κ1) is 18.2. The van der Waals surface area contributed by atoms with Crippen LogP contribution in [0.2, 0.25) is 0 Å². The Morgan fingerprint density at radius 3 is 1.58 bits per heavy atom. The van der Waals surface area contributed by atoms with Crippen molar-refractivity contribution in [2.24, 2.45) is 0 Å². The van der Waals surface area contributed by atoms with Crippen molar-refractivity contribution in [1.29, 1.82) is 0 Å². The van der Waals surface area contributed by atoms with Gasteiger partial charge >= 0.3 is 0 Å². The second-order valence-corrected chi connectivity index (χ2v) is 8.54. The third kappa shape index (κ3) is 3.84. The summed E-state index contributed by atoms with van der Waals surface area (Å²) in [5.41, 5.74) is 3.50. The Kier molecular flexibility index (Phi) is 4.58. The molecule has 0 aliphatic rings. The molecular formula is C21H28O3. The predicted molar refractivity (Wildman–Crippen MR) is 98.1 cm³/mol. The molecule has 0 amide bonds. The molecule has 2 aromatic carbocycles. The predicted octanol–water partition coefficient (Wildman–Crippen LogP) is 4.99. The summed E-state index contributed by atoms with van der Waals surface area (Å²) >= 11 is 0. The van der Waals surface area contributed by atoms with Crippen molar-refractivity contribution >= 4 is 0 Å². The third-order valence-corrected chi connectivity index (χ3v) is 4.23. The number of phenolic OH excluding ortho intramolecular Hbond substituents is 3. The van der Waals surface area contributed by atoms with E-state index in [0.29, 0.717) is 12.2 Å². The zero-order valence-electron chi connectivity index (χ0n) is 15.4. The van der Waals surface area contributed by atoms with Crippen LogP contribution in [0.5, 0.6) is 17.2 Å². The van der Waals surface area contributed by atoms with Crippen molar-refractivity contribution < 1.29 is 15.3 Å². The summed E-state index contributed by atoms with van der Waals surface area (Å²) in [6, 6.07) is 8.95. The highest BCUT2D eigenvalue weighted by Gasteiger charge is 2.26. The fraction of sp³-hybridized carbons (Fsp3) is 0.429. The van der Waals surface area contributed by atoms with Crippen molar-refractivity contribution in [3.63, 3.8) is 0 Å². The molecule has 0 fully saturated rings. The lowest BCUT2D eigenvalue weighted by Gasteiger charge is -2.28. The molecule has 24 heavy (non-hydrogen) atoms. The minimum atomic E-state index is -0.169. The van der Waals surface area contributed by atoms with Gasteiger partial charge in [0.1, 0.15) is 5.75 Å². The van der Waals surface area contributed by atoms with Crippen molar-refractivity contribution in [1.82, 2.24) is 0 Å². The summed E-state index contributed by atoms with van der Waals surface area (Å²) in [5.74, 6) is 0.140. The molecule has 3 N–H and O–H groups in total. The van der Waals surface area contributed by atoms with Gasteiger partial charge in [-0.25, -0.2) is 0 Å². The summed E-state index contributed by atoms with van der Waals surface area (Å²) in [7, 11) is 0. The molecule has 3 nitrogen and oxygen atoms in total. The van der Waals surface area contributed by atoms with Crippen LogP contribution in [0.25, 0.3) is 0 Å². The monoisotopic (exact) mass is 328 g/mol. The molecule has 0 heterocycles. The van der Waals surface area contributed by atoms with E-state index in [4.69, 9.17) is 0 Å². The topological polar surface area (TPSA) is 60.7 Å². The van der Waals surface area contributed by atoms with Crippen LogP contribution in [0.3, 0.4) is 0 Å². The van der Waals surface area contributed by atoms with Gasteiger partial charge in [0, 0.05) is 0 Å². The second-order valence-electron chi connectivity index (χ2n) is 8.54. The molecule has 3 heteroatoms. The molecule has 0 saturated heterocycles. The molecule has 0 aromatic heterocycles. The Bertz CT molecular complexity index is 712. The largest absolute Gasteiger partial charge is 0.507 e. The molecular weight excluding hydrogens is 300 g/mol.